The Hall–Kier alpha value is -0.640. The summed E-state index contributed by atoms with van der Waals surface area (Å²) in [6, 6.07) is 2.21. The van der Waals surface area contributed by atoms with Crippen LogP contribution in [0.1, 0.15) is 17.2 Å². The van der Waals surface area contributed by atoms with Crippen LogP contribution in [0.25, 0.3) is 0 Å². The Balaban J connectivity index is 3.15. The van der Waals surface area contributed by atoms with Gasteiger partial charge in [0.05, 0.1) is 17.7 Å². The average Bonchev–Trinajstić information content (AvgIpc) is 2.10. The van der Waals surface area contributed by atoms with E-state index in [1.54, 1.807) is 6.92 Å². The van der Waals surface area contributed by atoms with Gasteiger partial charge in [-0.1, -0.05) is 11.6 Å². The van der Waals surface area contributed by atoms with E-state index < -0.39 is 11.9 Å². The zero-order valence-corrected chi connectivity index (χ0v) is 7.98. The van der Waals surface area contributed by atoms with Crippen LogP contribution < -0.4 is 5.73 Å². The van der Waals surface area contributed by atoms with Crippen molar-refractivity contribution >= 4 is 11.6 Å². The summed E-state index contributed by atoms with van der Waals surface area (Å²) in [5, 5.41) is 8.87. The van der Waals surface area contributed by atoms with Crippen LogP contribution in [0.2, 0.25) is 5.02 Å². The molecule has 0 amide bonds. The molecule has 0 saturated carbocycles. The minimum atomic E-state index is -0.549. The summed E-state index contributed by atoms with van der Waals surface area (Å²) in [6.07, 6.45) is 0. The van der Waals surface area contributed by atoms with Crippen molar-refractivity contribution in [2.45, 2.75) is 13.0 Å². The molecule has 0 aliphatic carbocycles. The summed E-state index contributed by atoms with van der Waals surface area (Å²) in [5.41, 5.74) is 6.93. The summed E-state index contributed by atoms with van der Waals surface area (Å²) < 4.78 is 13.0. The molecule has 4 heteroatoms. The smallest absolute Gasteiger partial charge is 0.142 e. The fraction of sp³-hybridized carbons (Fsp3) is 0.333. The molecule has 0 heterocycles. The second-order valence-corrected chi connectivity index (χ2v) is 3.32. The molecule has 0 fully saturated rings. The number of rotatable bonds is 2. The molecule has 0 aliphatic rings. The number of aryl methyl sites for hydroxylation is 1. The lowest BCUT2D eigenvalue weighted by molar-refractivity contribution is 0.267. The van der Waals surface area contributed by atoms with E-state index >= 15 is 0 Å². The number of benzene rings is 1. The minimum Gasteiger partial charge on any atom is -0.394 e. The standard InChI is InChI=1S/C9H11ClFNO/c1-5-2-7(10)8(11)3-6(5)9(12)4-13/h2-3,9,13H,4,12H2,1H3. The molecule has 0 radical (unpaired) electrons. The van der Waals surface area contributed by atoms with E-state index in [1.807, 2.05) is 0 Å². The molecule has 2 nitrogen and oxygen atoms in total. The van der Waals surface area contributed by atoms with Crippen LogP contribution in [-0.2, 0) is 0 Å². The van der Waals surface area contributed by atoms with Crippen LogP contribution in [0.4, 0.5) is 4.39 Å². The molecule has 0 spiro atoms. The van der Waals surface area contributed by atoms with Gasteiger partial charge in [0.1, 0.15) is 5.82 Å². The first-order chi connectivity index (χ1) is 6.06. The Kier molecular flexibility index (Phi) is 3.25. The van der Waals surface area contributed by atoms with Gasteiger partial charge in [-0.05, 0) is 30.2 Å². The topological polar surface area (TPSA) is 46.2 Å². The maximum absolute atomic E-state index is 13.0. The van der Waals surface area contributed by atoms with E-state index in [2.05, 4.69) is 0 Å². The van der Waals surface area contributed by atoms with Crippen molar-refractivity contribution in [3.63, 3.8) is 0 Å². The molecule has 0 saturated heterocycles. The summed E-state index contributed by atoms with van der Waals surface area (Å²) in [7, 11) is 0. The van der Waals surface area contributed by atoms with E-state index in [-0.39, 0.29) is 11.6 Å². The van der Waals surface area contributed by atoms with Crippen LogP contribution in [0.5, 0.6) is 0 Å². The molecule has 13 heavy (non-hydrogen) atoms. The molecule has 1 rings (SSSR count). The van der Waals surface area contributed by atoms with Gasteiger partial charge >= 0.3 is 0 Å². The number of aliphatic hydroxyl groups is 1. The zero-order valence-electron chi connectivity index (χ0n) is 7.22. The van der Waals surface area contributed by atoms with E-state index in [0.29, 0.717) is 5.56 Å². The summed E-state index contributed by atoms with van der Waals surface area (Å²) in [6.45, 7) is 1.57. The Labute approximate surface area is 81.1 Å². The highest BCUT2D eigenvalue weighted by atomic mass is 35.5. The van der Waals surface area contributed by atoms with Crippen molar-refractivity contribution in [3.8, 4) is 0 Å². The van der Waals surface area contributed by atoms with Crippen molar-refractivity contribution in [2.24, 2.45) is 5.73 Å². The SMILES string of the molecule is Cc1cc(Cl)c(F)cc1C(N)CO. The third kappa shape index (κ3) is 2.18. The predicted octanol–water partition coefficient (Wildman–Crippen LogP) is 1.78. The molecular weight excluding hydrogens is 193 g/mol. The highest BCUT2D eigenvalue weighted by molar-refractivity contribution is 6.30. The first kappa shape index (κ1) is 10.4. The summed E-state index contributed by atoms with van der Waals surface area (Å²) in [5.74, 6) is -0.508. The third-order valence-corrected chi connectivity index (χ3v) is 2.19. The van der Waals surface area contributed by atoms with Gasteiger partial charge in [0.2, 0.25) is 0 Å². The predicted molar refractivity (Wildman–Crippen MR) is 50.2 cm³/mol. The number of halogens is 2. The van der Waals surface area contributed by atoms with Crippen LogP contribution in [0, 0.1) is 12.7 Å². The fourth-order valence-corrected chi connectivity index (χ4v) is 1.38. The van der Waals surface area contributed by atoms with Crippen LogP contribution in [0.3, 0.4) is 0 Å². The van der Waals surface area contributed by atoms with E-state index in [9.17, 15) is 4.39 Å². The van der Waals surface area contributed by atoms with Crippen LogP contribution in [-0.4, -0.2) is 11.7 Å². The van der Waals surface area contributed by atoms with Crippen molar-refractivity contribution in [1.29, 1.82) is 0 Å². The Morgan fingerprint density at radius 2 is 2.23 bits per heavy atom. The first-order valence-electron chi connectivity index (χ1n) is 3.88. The lowest BCUT2D eigenvalue weighted by Gasteiger charge is -2.12. The number of aliphatic hydroxyl groups excluding tert-OH is 1. The third-order valence-electron chi connectivity index (χ3n) is 1.91. The normalized spacial score (nSPS) is 13.0. The molecule has 1 aromatic carbocycles. The molecular formula is C9H11ClFNO. The van der Waals surface area contributed by atoms with Crippen molar-refractivity contribution in [1.82, 2.24) is 0 Å². The first-order valence-corrected chi connectivity index (χ1v) is 4.26. The van der Waals surface area contributed by atoms with Crippen molar-refractivity contribution in [2.75, 3.05) is 6.61 Å². The van der Waals surface area contributed by atoms with Crippen molar-refractivity contribution in [3.05, 3.63) is 34.1 Å². The van der Waals surface area contributed by atoms with Gasteiger partial charge < -0.3 is 10.8 Å². The minimum absolute atomic E-state index is 0.0754. The van der Waals surface area contributed by atoms with Gasteiger partial charge in [0, 0.05) is 0 Å². The second kappa shape index (κ2) is 4.05. The van der Waals surface area contributed by atoms with Crippen molar-refractivity contribution < 1.29 is 9.50 Å². The van der Waals surface area contributed by atoms with Gasteiger partial charge in [0.15, 0.2) is 0 Å². The van der Waals surface area contributed by atoms with Crippen LogP contribution in [0.15, 0.2) is 12.1 Å². The molecule has 1 atom stereocenters. The lowest BCUT2D eigenvalue weighted by atomic mass is 10.0. The maximum atomic E-state index is 13.0. The lowest BCUT2D eigenvalue weighted by Crippen LogP contribution is -2.16. The molecule has 72 valence electrons. The molecule has 3 N–H and O–H groups in total. The van der Waals surface area contributed by atoms with Crippen LogP contribution >= 0.6 is 11.6 Å². The number of hydrogen-bond acceptors (Lipinski definition) is 2. The molecule has 0 aromatic heterocycles. The Morgan fingerprint density at radius 3 is 2.77 bits per heavy atom. The van der Waals surface area contributed by atoms with Gasteiger partial charge in [-0.3, -0.25) is 0 Å². The Bertz CT molecular complexity index is 317. The average molecular weight is 204 g/mol. The molecule has 0 bridgehead atoms. The monoisotopic (exact) mass is 203 g/mol. The number of hydrogen-bond donors (Lipinski definition) is 2. The fourth-order valence-electron chi connectivity index (χ4n) is 1.16. The van der Waals surface area contributed by atoms with Gasteiger partial charge in [-0.15, -0.1) is 0 Å². The second-order valence-electron chi connectivity index (χ2n) is 2.91. The van der Waals surface area contributed by atoms with E-state index in [1.165, 1.54) is 12.1 Å². The van der Waals surface area contributed by atoms with E-state index in [0.717, 1.165) is 5.56 Å². The van der Waals surface area contributed by atoms with Gasteiger partial charge in [-0.25, -0.2) is 4.39 Å². The summed E-state index contributed by atoms with van der Waals surface area (Å²) in [4.78, 5) is 0. The highest BCUT2D eigenvalue weighted by Gasteiger charge is 2.11. The number of nitrogens with two attached hydrogens (primary N) is 1. The van der Waals surface area contributed by atoms with Gasteiger partial charge in [-0.2, -0.15) is 0 Å². The molecule has 0 aliphatic heterocycles. The largest absolute Gasteiger partial charge is 0.394 e. The molecule has 1 aromatic rings. The van der Waals surface area contributed by atoms with E-state index in [4.69, 9.17) is 22.4 Å². The van der Waals surface area contributed by atoms with Gasteiger partial charge in [0.25, 0.3) is 0 Å². The highest BCUT2D eigenvalue weighted by Crippen LogP contribution is 2.23. The summed E-state index contributed by atoms with van der Waals surface area (Å²) >= 11 is 5.56. The zero-order chi connectivity index (χ0) is 10.0. The Morgan fingerprint density at radius 1 is 1.62 bits per heavy atom. The maximum Gasteiger partial charge on any atom is 0.142 e. The molecule has 1 unspecified atom stereocenters. The quantitative estimate of drug-likeness (QED) is 0.770.